The minimum Gasteiger partial charge on any atom is -0.310 e. The fourth-order valence-electron chi connectivity index (χ4n) is 2.39. The Morgan fingerprint density at radius 2 is 1.90 bits per heavy atom. The normalized spacial score (nSPS) is 12.4. The van der Waals surface area contributed by atoms with Crippen molar-refractivity contribution in [1.29, 1.82) is 0 Å². The van der Waals surface area contributed by atoms with Gasteiger partial charge in [0.15, 0.2) is 0 Å². The Morgan fingerprint density at radius 1 is 1.14 bits per heavy atom. The van der Waals surface area contributed by atoms with Gasteiger partial charge in [0.2, 0.25) is 0 Å². The first-order valence-corrected chi connectivity index (χ1v) is 7.74. The van der Waals surface area contributed by atoms with Crippen molar-refractivity contribution >= 4 is 15.9 Å². The third-order valence-corrected chi connectivity index (χ3v) is 4.32. The van der Waals surface area contributed by atoms with E-state index in [1.54, 1.807) is 12.1 Å². The zero-order valence-electron chi connectivity index (χ0n) is 12.1. The maximum absolute atomic E-state index is 14.1. The van der Waals surface area contributed by atoms with E-state index in [2.05, 4.69) is 21.2 Å². The van der Waals surface area contributed by atoms with Gasteiger partial charge >= 0.3 is 0 Å². The summed E-state index contributed by atoms with van der Waals surface area (Å²) >= 11 is 3.27. The SMILES string of the molecule is CCNC(Cc1cccc(F)c1Br)c1cc(C)ccc1F. The highest BCUT2D eigenvalue weighted by Gasteiger charge is 2.17. The van der Waals surface area contributed by atoms with E-state index in [1.807, 2.05) is 26.0 Å². The van der Waals surface area contributed by atoms with Gasteiger partial charge in [-0.05, 0) is 53.5 Å². The fraction of sp³-hybridized carbons (Fsp3) is 0.294. The van der Waals surface area contributed by atoms with Crippen LogP contribution < -0.4 is 5.32 Å². The Hall–Kier alpha value is -1.26. The second kappa shape index (κ2) is 7.14. The zero-order valence-corrected chi connectivity index (χ0v) is 13.7. The molecule has 0 aliphatic rings. The minimum atomic E-state index is -0.299. The predicted octanol–water partition coefficient (Wildman–Crippen LogP) is 4.93. The lowest BCUT2D eigenvalue weighted by atomic mass is 9.97. The molecule has 21 heavy (non-hydrogen) atoms. The van der Waals surface area contributed by atoms with Gasteiger partial charge in [-0.15, -0.1) is 0 Å². The van der Waals surface area contributed by atoms with E-state index in [-0.39, 0.29) is 17.7 Å². The van der Waals surface area contributed by atoms with Crippen molar-refractivity contribution in [2.24, 2.45) is 0 Å². The molecule has 0 fully saturated rings. The number of aryl methyl sites for hydroxylation is 1. The second-order valence-electron chi connectivity index (χ2n) is 5.05. The number of likely N-dealkylation sites (N-methyl/N-ethyl adjacent to an activating group) is 1. The first-order valence-electron chi connectivity index (χ1n) is 6.95. The lowest BCUT2D eigenvalue weighted by molar-refractivity contribution is 0.507. The number of nitrogens with one attached hydrogen (secondary N) is 1. The molecule has 2 rings (SSSR count). The van der Waals surface area contributed by atoms with Crippen LogP contribution in [0.5, 0.6) is 0 Å². The lowest BCUT2D eigenvalue weighted by Crippen LogP contribution is -2.24. The van der Waals surface area contributed by atoms with Gasteiger partial charge in [-0.2, -0.15) is 0 Å². The molecule has 1 N–H and O–H groups in total. The van der Waals surface area contributed by atoms with Crippen molar-refractivity contribution in [1.82, 2.24) is 5.32 Å². The molecule has 0 bridgehead atoms. The number of benzene rings is 2. The molecule has 1 nitrogen and oxygen atoms in total. The molecular formula is C17H18BrF2N. The van der Waals surface area contributed by atoms with Gasteiger partial charge in [-0.1, -0.05) is 36.8 Å². The van der Waals surface area contributed by atoms with E-state index >= 15 is 0 Å². The maximum Gasteiger partial charge on any atom is 0.137 e. The van der Waals surface area contributed by atoms with Crippen molar-refractivity contribution in [2.45, 2.75) is 26.3 Å². The topological polar surface area (TPSA) is 12.0 Å². The number of rotatable bonds is 5. The second-order valence-corrected chi connectivity index (χ2v) is 5.85. The summed E-state index contributed by atoms with van der Waals surface area (Å²) in [6.07, 6.45) is 0.520. The van der Waals surface area contributed by atoms with Crippen LogP contribution in [-0.2, 0) is 6.42 Å². The van der Waals surface area contributed by atoms with E-state index in [4.69, 9.17) is 0 Å². The Morgan fingerprint density at radius 3 is 2.62 bits per heavy atom. The molecule has 1 unspecified atom stereocenters. The molecule has 0 aliphatic carbocycles. The van der Waals surface area contributed by atoms with Crippen LogP contribution >= 0.6 is 15.9 Å². The summed E-state index contributed by atoms with van der Waals surface area (Å²) in [6.45, 7) is 4.62. The van der Waals surface area contributed by atoms with Crippen LogP contribution in [0.4, 0.5) is 8.78 Å². The van der Waals surface area contributed by atoms with E-state index in [9.17, 15) is 8.78 Å². The maximum atomic E-state index is 14.1. The molecule has 112 valence electrons. The quantitative estimate of drug-likeness (QED) is 0.803. The molecule has 0 amide bonds. The van der Waals surface area contributed by atoms with Crippen molar-refractivity contribution in [3.8, 4) is 0 Å². The minimum absolute atomic E-state index is 0.187. The molecule has 1 atom stereocenters. The summed E-state index contributed by atoms with van der Waals surface area (Å²) < 4.78 is 28.2. The van der Waals surface area contributed by atoms with Gasteiger partial charge in [-0.3, -0.25) is 0 Å². The van der Waals surface area contributed by atoms with Crippen LogP contribution in [0.3, 0.4) is 0 Å². The third kappa shape index (κ3) is 3.89. The molecule has 2 aromatic rings. The molecule has 0 heterocycles. The summed E-state index contributed by atoms with van der Waals surface area (Å²) in [5, 5.41) is 3.28. The average Bonchev–Trinajstić information content (AvgIpc) is 2.46. The zero-order chi connectivity index (χ0) is 15.4. The molecule has 0 radical (unpaired) electrons. The largest absolute Gasteiger partial charge is 0.310 e. The molecule has 2 aromatic carbocycles. The molecule has 0 saturated carbocycles. The number of hydrogen-bond donors (Lipinski definition) is 1. The summed E-state index contributed by atoms with van der Waals surface area (Å²) in [4.78, 5) is 0. The van der Waals surface area contributed by atoms with E-state index in [1.165, 1.54) is 12.1 Å². The molecule has 0 saturated heterocycles. The molecular weight excluding hydrogens is 336 g/mol. The third-order valence-electron chi connectivity index (χ3n) is 3.43. The van der Waals surface area contributed by atoms with Crippen molar-refractivity contribution in [3.05, 3.63) is 69.2 Å². The molecule has 4 heteroatoms. The molecule has 0 aromatic heterocycles. The highest BCUT2D eigenvalue weighted by Crippen LogP contribution is 2.27. The van der Waals surface area contributed by atoms with Gasteiger partial charge in [-0.25, -0.2) is 8.78 Å². The first kappa shape index (κ1) is 16.1. The summed E-state index contributed by atoms with van der Waals surface area (Å²) in [5.41, 5.74) is 2.45. The average molecular weight is 354 g/mol. The Balaban J connectivity index is 2.35. The Kier molecular flexibility index (Phi) is 5.48. The van der Waals surface area contributed by atoms with E-state index < -0.39 is 0 Å². The highest BCUT2D eigenvalue weighted by molar-refractivity contribution is 9.10. The van der Waals surface area contributed by atoms with Crippen molar-refractivity contribution < 1.29 is 8.78 Å². The van der Waals surface area contributed by atoms with Gasteiger partial charge in [0, 0.05) is 11.6 Å². The number of halogens is 3. The molecule has 0 spiro atoms. The molecule has 0 aliphatic heterocycles. The number of hydrogen-bond acceptors (Lipinski definition) is 1. The summed E-state index contributed by atoms with van der Waals surface area (Å²) in [5.74, 6) is -0.536. The lowest BCUT2D eigenvalue weighted by Gasteiger charge is -2.20. The van der Waals surface area contributed by atoms with Crippen LogP contribution in [0.15, 0.2) is 40.9 Å². The van der Waals surface area contributed by atoms with Gasteiger partial charge in [0.05, 0.1) is 4.47 Å². The standard InChI is InChI=1S/C17H18BrF2N/c1-3-21-16(13-9-11(2)7-8-14(13)19)10-12-5-4-6-15(20)17(12)18/h4-9,16,21H,3,10H2,1-2H3. The smallest absolute Gasteiger partial charge is 0.137 e. The van der Waals surface area contributed by atoms with Gasteiger partial charge in [0.25, 0.3) is 0 Å². The van der Waals surface area contributed by atoms with Crippen LogP contribution in [0.2, 0.25) is 0 Å². The van der Waals surface area contributed by atoms with Crippen molar-refractivity contribution in [3.63, 3.8) is 0 Å². The van der Waals surface area contributed by atoms with Crippen LogP contribution in [-0.4, -0.2) is 6.54 Å². The van der Waals surface area contributed by atoms with Gasteiger partial charge in [0.1, 0.15) is 11.6 Å². The van der Waals surface area contributed by atoms with Gasteiger partial charge < -0.3 is 5.32 Å². The summed E-state index contributed by atoms with van der Waals surface area (Å²) in [6, 6.07) is 9.82. The fourth-order valence-corrected chi connectivity index (χ4v) is 2.82. The Labute approximate surface area is 132 Å². The van der Waals surface area contributed by atoms with Crippen molar-refractivity contribution in [2.75, 3.05) is 6.54 Å². The van der Waals surface area contributed by atoms with E-state index in [0.717, 1.165) is 11.1 Å². The predicted molar refractivity (Wildman–Crippen MR) is 85.4 cm³/mol. The van der Waals surface area contributed by atoms with E-state index in [0.29, 0.717) is 23.0 Å². The van der Waals surface area contributed by atoms with Crippen LogP contribution in [0.25, 0.3) is 0 Å². The Bertz CT molecular complexity index is 628. The van der Waals surface area contributed by atoms with Crippen LogP contribution in [0, 0.1) is 18.6 Å². The summed E-state index contributed by atoms with van der Waals surface area (Å²) in [7, 11) is 0. The first-order chi connectivity index (χ1) is 10.0. The monoisotopic (exact) mass is 353 g/mol. The highest BCUT2D eigenvalue weighted by atomic mass is 79.9. The van der Waals surface area contributed by atoms with Crippen LogP contribution in [0.1, 0.15) is 29.7 Å².